The Morgan fingerprint density at radius 1 is 1.29 bits per heavy atom. The number of rotatable bonds is 6. The highest BCUT2D eigenvalue weighted by Crippen LogP contribution is 2.32. The molecule has 1 aromatic heterocycles. The molecule has 0 saturated heterocycles. The van der Waals surface area contributed by atoms with E-state index in [-0.39, 0.29) is 35.6 Å². The minimum Gasteiger partial charge on any atom is -0.396 e. The summed E-state index contributed by atoms with van der Waals surface area (Å²) < 4.78 is 38.1. The van der Waals surface area contributed by atoms with E-state index in [2.05, 4.69) is 10.3 Å². The van der Waals surface area contributed by atoms with Gasteiger partial charge in [0.25, 0.3) is 0 Å². The van der Waals surface area contributed by atoms with Gasteiger partial charge >= 0.3 is 6.18 Å². The van der Waals surface area contributed by atoms with E-state index in [0.717, 1.165) is 12.3 Å². The van der Waals surface area contributed by atoms with Gasteiger partial charge in [-0.2, -0.15) is 13.2 Å². The standard InChI is InChI=1S/C12H14F3NO.C8H11N5O/c1-9(2)16(8-17)7-10-5-3-4-6-11(10)12(13,14)15;1-4(14)13-6-3-12-8(11)5(2-9)7(6)10/h3-6,8-9H,7H2,1-2H3;2-3,9H,1H3,(H,13,14)(H4,10,11,12). The average Bonchev–Trinajstić information content (AvgIpc) is 2.68. The SMILES string of the molecule is CC(=O)Nc1cnc(N)c(C=N)c1N.CC(C)N(C=O)Cc1ccccc1C(F)(F)F. The van der Waals surface area contributed by atoms with E-state index in [1.165, 1.54) is 36.2 Å². The number of alkyl halides is 3. The largest absolute Gasteiger partial charge is 0.416 e. The van der Waals surface area contributed by atoms with Gasteiger partial charge in [0.05, 0.1) is 28.7 Å². The van der Waals surface area contributed by atoms with Gasteiger partial charge in [0.15, 0.2) is 0 Å². The van der Waals surface area contributed by atoms with Gasteiger partial charge in [-0.15, -0.1) is 0 Å². The molecule has 0 unspecified atom stereocenters. The third-order valence-corrected chi connectivity index (χ3v) is 4.12. The van der Waals surface area contributed by atoms with Crippen molar-refractivity contribution in [2.75, 3.05) is 16.8 Å². The minimum atomic E-state index is -4.39. The Kier molecular flexibility index (Phi) is 8.97. The third kappa shape index (κ3) is 7.28. The first kappa shape index (κ1) is 25.4. The number of amides is 2. The maximum Gasteiger partial charge on any atom is 0.416 e. The lowest BCUT2D eigenvalue weighted by molar-refractivity contribution is -0.139. The summed E-state index contributed by atoms with van der Waals surface area (Å²) in [5, 5.41) is 9.56. The molecule has 11 heteroatoms. The fourth-order valence-corrected chi connectivity index (χ4v) is 2.47. The van der Waals surface area contributed by atoms with Gasteiger partial charge in [0, 0.05) is 25.7 Å². The normalized spacial score (nSPS) is 10.7. The predicted molar refractivity (Wildman–Crippen MR) is 113 cm³/mol. The second kappa shape index (κ2) is 11.0. The minimum absolute atomic E-state index is 0.0309. The third-order valence-electron chi connectivity index (χ3n) is 4.12. The van der Waals surface area contributed by atoms with Gasteiger partial charge in [0.2, 0.25) is 12.3 Å². The molecule has 2 amide bonds. The quantitative estimate of drug-likeness (QED) is 0.405. The van der Waals surface area contributed by atoms with Crippen molar-refractivity contribution in [1.29, 1.82) is 5.41 Å². The topological polar surface area (TPSA) is 138 Å². The van der Waals surface area contributed by atoms with Gasteiger partial charge in [-0.25, -0.2) is 4.98 Å². The van der Waals surface area contributed by atoms with Crippen LogP contribution in [0, 0.1) is 5.41 Å². The number of hydrogen-bond donors (Lipinski definition) is 4. The van der Waals surface area contributed by atoms with E-state index in [4.69, 9.17) is 16.9 Å². The Bertz CT molecular complexity index is 932. The lowest BCUT2D eigenvalue weighted by Crippen LogP contribution is -2.29. The highest BCUT2D eigenvalue weighted by atomic mass is 19.4. The number of nitrogen functional groups attached to an aromatic ring is 2. The first-order valence-electron chi connectivity index (χ1n) is 9.10. The molecule has 0 spiro atoms. The van der Waals surface area contributed by atoms with Crippen LogP contribution >= 0.6 is 0 Å². The number of hydrogen-bond acceptors (Lipinski definition) is 6. The fourth-order valence-electron chi connectivity index (χ4n) is 2.47. The molecule has 0 fully saturated rings. The number of nitrogens with two attached hydrogens (primary N) is 2. The van der Waals surface area contributed by atoms with Crippen molar-refractivity contribution < 1.29 is 22.8 Å². The number of pyridine rings is 1. The molecule has 1 aromatic carbocycles. The molecule has 31 heavy (non-hydrogen) atoms. The molecule has 0 aliphatic carbocycles. The molecule has 0 bridgehead atoms. The molecule has 6 N–H and O–H groups in total. The van der Waals surface area contributed by atoms with Crippen LogP contribution < -0.4 is 16.8 Å². The summed E-state index contributed by atoms with van der Waals surface area (Å²) in [5.41, 5.74) is 11.5. The molecule has 1 heterocycles. The molecule has 168 valence electrons. The van der Waals surface area contributed by atoms with Crippen LogP contribution in [0.4, 0.5) is 30.4 Å². The monoisotopic (exact) mass is 438 g/mol. The number of carbonyl (C=O) groups excluding carboxylic acids is 2. The zero-order valence-electron chi connectivity index (χ0n) is 17.3. The first-order chi connectivity index (χ1) is 14.4. The number of halogens is 3. The van der Waals surface area contributed by atoms with Gasteiger partial charge in [-0.1, -0.05) is 18.2 Å². The summed E-state index contributed by atoms with van der Waals surface area (Å²) >= 11 is 0. The van der Waals surface area contributed by atoms with Crippen LogP contribution in [0.2, 0.25) is 0 Å². The lowest BCUT2D eigenvalue weighted by atomic mass is 10.1. The maximum atomic E-state index is 12.7. The van der Waals surface area contributed by atoms with E-state index in [1.54, 1.807) is 13.8 Å². The molecule has 0 atom stereocenters. The van der Waals surface area contributed by atoms with Crippen molar-refractivity contribution in [2.45, 2.75) is 39.5 Å². The Labute approximate surface area is 177 Å². The highest BCUT2D eigenvalue weighted by molar-refractivity contribution is 5.99. The number of carbonyl (C=O) groups is 2. The lowest BCUT2D eigenvalue weighted by Gasteiger charge is -2.23. The average molecular weight is 438 g/mol. The summed E-state index contributed by atoms with van der Waals surface area (Å²) in [6.45, 7) is 4.84. The summed E-state index contributed by atoms with van der Waals surface area (Å²) in [6, 6.07) is 5.16. The summed E-state index contributed by atoms with van der Waals surface area (Å²) in [7, 11) is 0. The van der Waals surface area contributed by atoms with Gasteiger partial charge in [-0.3, -0.25) is 9.59 Å². The van der Waals surface area contributed by atoms with Crippen LogP contribution in [-0.2, 0) is 22.3 Å². The van der Waals surface area contributed by atoms with Crippen LogP contribution in [0.3, 0.4) is 0 Å². The van der Waals surface area contributed by atoms with Gasteiger partial charge in [-0.05, 0) is 25.5 Å². The predicted octanol–water partition coefficient (Wildman–Crippen LogP) is 3.27. The number of nitrogens with zero attached hydrogens (tertiary/aromatic N) is 2. The van der Waals surface area contributed by atoms with E-state index in [1.807, 2.05) is 0 Å². The van der Waals surface area contributed by atoms with Crippen LogP contribution in [0.25, 0.3) is 0 Å². The molecule has 0 aliphatic heterocycles. The smallest absolute Gasteiger partial charge is 0.396 e. The zero-order chi connectivity index (χ0) is 23.8. The van der Waals surface area contributed by atoms with Crippen molar-refractivity contribution in [3.63, 3.8) is 0 Å². The van der Waals surface area contributed by atoms with E-state index in [9.17, 15) is 22.8 Å². The Hall–Kier alpha value is -3.63. The highest BCUT2D eigenvalue weighted by Gasteiger charge is 2.33. The van der Waals surface area contributed by atoms with Crippen molar-refractivity contribution in [1.82, 2.24) is 9.88 Å². The number of nitrogens with one attached hydrogen (secondary N) is 2. The van der Waals surface area contributed by atoms with Crippen LogP contribution in [0.5, 0.6) is 0 Å². The fraction of sp³-hybridized carbons (Fsp3) is 0.300. The Morgan fingerprint density at radius 3 is 2.39 bits per heavy atom. The first-order valence-corrected chi connectivity index (χ1v) is 9.10. The molecule has 8 nitrogen and oxygen atoms in total. The van der Waals surface area contributed by atoms with E-state index in [0.29, 0.717) is 17.7 Å². The van der Waals surface area contributed by atoms with Crippen LogP contribution in [0.1, 0.15) is 37.5 Å². The molecule has 2 rings (SSSR count). The maximum absolute atomic E-state index is 12.7. The molecule has 0 aliphatic rings. The van der Waals surface area contributed by atoms with E-state index < -0.39 is 11.7 Å². The number of aromatic nitrogens is 1. The Morgan fingerprint density at radius 2 is 1.90 bits per heavy atom. The number of anilines is 3. The zero-order valence-corrected chi connectivity index (χ0v) is 17.3. The number of benzene rings is 1. The summed E-state index contributed by atoms with van der Waals surface area (Å²) in [6.07, 6.45) is -1.46. The molecular weight excluding hydrogens is 413 g/mol. The van der Waals surface area contributed by atoms with Crippen molar-refractivity contribution in [2.24, 2.45) is 0 Å². The van der Waals surface area contributed by atoms with Gasteiger partial charge in [0.1, 0.15) is 5.82 Å². The molecule has 0 radical (unpaired) electrons. The van der Waals surface area contributed by atoms with Gasteiger partial charge < -0.3 is 27.1 Å². The van der Waals surface area contributed by atoms with Crippen LogP contribution in [-0.4, -0.2) is 34.5 Å². The Balaban J connectivity index is 0.000000316. The van der Waals surface area contributed by atoms with Crippen LogP contribution in [0.15, 0.2) is 30.5 Å². The van der Waals surface area contributed by atoms with Crippen molar-refractivity contribution in [3.8, 4) is 0 Å². The summed E-state index contributed by atoms with van der Waals surface area (Å²) in [5.74, 6) is -0.0780. The molecule has 0 saturated carbocycles. The molecular formula is C20H25F3N6O2. The molecule has 2 aromatic rings. The second-order valence-electron chi connectivity index (χ2n) is 6.74. The summed E-state index contributed by atoms with van der Waals surface area (Å²) in [4.78, 5) is 26.6. The second-order valence-corrected chi connectivity index (χ2v) is 6.74. The van der Waals surface area contributed by atoms with Crippen molar-refractivity contribution >= 4 is 35.7 Å². The van der Waals surface area contributed by atoms with E-state index >= 15 is 0 Å². The van der Waals surface area contributed by atoms with Crippen molar-refractivity contribution in [3.05, 3.63) is 47.2 Å².